The number of hydrogen-bond acceptors (Lipinski definition) is 7. The van der Waals surface area contributed by atoms with Gasteiger partial charge in [0.05, 0.1) is 16.1 Å². The van der Waals surface area contributed by atoms with Crippen LogP contribution in [0.2, 0.25) is 0 Å². The zero-order chi connectivity index (χ0) is 28.6. The minimum atomic E-state index is -1.29. The van der Waals surface area contributed by atoms with Crippen LogP contribution in [0.15, 0.2) is 78.4 Å². The van der Waals surface area contributed by atoms with Gasteiger partial charge in [0.15, 0.2) is 10.9 Å². The molecule has 0 spiro atoms. The van der Waals surface area contributed by atoms with Crippen molar-refractivity contribution < 1.29 is 28.6 Å². The van der Waals surface area contributed by atoms with E-state index in [0.29, 0.717) is 22.9 Å². The molecule has 40 heavy (non-hydrogen) atoms. The number of aliphatic hydroxyl groups excluding tert-OH is 1. The van der Waals surface area contributed by atoms with E-state index in [1.165, 1.54) is 25.1 Å². The maximum absolute atomic E-state index is 15.1. The Morgan fingerprint density at radius 1 is 1.05 bits per heavy atom. The summed E-state index contributed by atoms with van der Waals surface area (Å²) in [4.78, 5) is 44.4. The number of Topliss-reactive ketones (excluding diaryl/α,β-unsaturated/α-hetero) is 2. The lowest BCUT2D eigenvalue weighted by molar-refractivity contribution is -0.132. The van der Waals surface area contributed by atoms with Gasteiger partial charge >= 0.3 is 5.91 Å². The maximum Gasteiger partial charge on any atom is 0.301 e. The van der Waals surface area contributed by atoms with Crippen LogP contribution in [0.3, 0.4) is 0 Å². The number of aryl methyl sites for hydroxylation is 2. The number of amides is 1. The number of benzene rings is 3. The van der Waals surface area contributed by atoms with Gasteiger partial charge in [0.25, 0.3) is 5.78 Å². The minimum absolute atomic E-state index is 0.0126. The van der Waals surface area contributed by atoms with Crippen LogP contribution in [-0.4, -0.2) is 27.6 Å². The molecule has 5 rings (SSSR count). The quantitative estimate of drug-likeness (QED) is 0.124. The number of thiazole rings is 1. The van der Waals surface area contributed by atoms with Crippen LogP contribution < -0.4 is 9.64 Å². The fourth-order valence-electron chi connectivity index (χ4n) is 4.67. The molecule has 9 heteroatoms. The highest BCUT2D eigenvalue weighted by Crippen LogP contribution is 2.44. The summed E-state index contributed by atoms with van der Waals surface area (Å²) in [5.74, 6) is -2.78. The molecule has 0 radical (unpaired) electrons. The molecule has 1 saturated heterocycles. The number of hydrogen-bond donors (Lipinski definition) is 1. The fourth-order valence-corrected chi connectivity index (χ4v) is 5.65. The van der Waals surface area contributed by atoms with Gasteiger partial charge in [-0.3, -0.25) is 19.3 Å². The first kappa shape index (κ1) is 27.0. The van der Waals surface area contributed by atoms with E-state index in [4.69, 9.17) is 4.74 Å². The molecule has 0 bridgehead atoms. The van der Waals surface area contributed by atoms with Crippen molar-refractivity contribution in [3.05, 3.63) is 117 Å². The molecule has 0 aliphatic carbocycles. The van der Waals surface area contributed by atoms with E-state index in [1.807, 2.05) is 31.2 Å². The smallest absolute Gasteiger partial charge is 0.301 e. The first-order valence-corrected chi connectivity index (χ1v) is 13.3. The second kappa shape index (κ2) is 10.9. The van der Waals surface area contributed by atoms with Gasteiger partial charge in [0.2, 0.25) is 0 Å². The molecular formula is C31H25FN2O5S. The normalized spacial score (nSPS) is 16.4. The second-order valence-electron chi connectivity index (χ2n) is 9.46. The third-order valence-corrected chi connectivity index (χ3v) is 7.83. The largest absolute Gasteiger partial charge is 0.507 e. The van der Waals surface area contributed by atoms with Crippen molar-refractivity contribution in [2.75, 3.05) is 4.90 Å². The molecule has 1 unspecified atom stereocenters. The number of halogens is 1. The van der Waals surface area contributed by atoms with Crippen molar-refractivity contribution in [2.45, 2.75) is 33.4 Å². The number of ether oxygens (including phenoxy) is 1. The standard InChI is InChI=1S/C31H25FN2O5S/c1-17-7-6-8-20(15-17)16-39-22-13-11-21(12-14-22)27(36)25-26(23-9-4-5-10-24(23)32)34(30(38)28(25)37)31-33-18(2)29(40-31)19(3)35/h4-15,26,36H,16H2,1-3H3. The Morgan fingerprint density at radius 2 is 1.77 bits per heavy atom. The zero-order valence-corrected chi connectivity index (χ0v) is 22.8. The Kier molecular flexibility index (Phi) is 7.32. The number of aliphatic hydroxyl groups is 1. The SMILES string of the molecule is CC(=O)c1sc(N2C(=O)C(=O)C(=C(O)c3ccc(OCc4cccc(C)c4)cc3)C2c2ccccc2F)nc1C. The van der Waals surface area contributed by atoms with Crippen molar-refractivity contribution in [1.82, 2.24) is 4.98 Å². The van der Waals surface area contributed by atoms with Gasteiger partial charge in [-0.2, -0.15) is 0 Å². The average molecular weight is 557 g/mol. The van der Waals surface area contributed by atoms with Crippen LogP contribution in [0.5, 0.6) is 5.75 Å². The topological polar surface area (TPSA) is 96.8 Å². The molecule has 1 aliphatic heterocycles. The molecule has 1 amide bonds. The summed E-state index contributed by atoms with van der Waals surface area (Å²) >= 11 is 0.940. The van der Waals surface area contributed by atoms with Gasteiger partial charge in [0, 0.05) is 18.1 Å². The van der Waals surface area contributed by atoms with E-state index < -0.39 is 29.3 Å². The fraction of sp³-hybridized carbons (Fsp3) is 0.161. The third kappa shape index (κ3) is 5.03. The van der Waals surface area contributed by atoms with Gasteiger partial charge in [0.1, 0.15) is 30.0 Å². The lowest BCUT2D eigenvalue weighted by atomic mass is 9.95. The van der Waals surface area contributed by atoms with Crippen molar-refractivity contribution in [2.24, 2.45) is 0 Å². The minimum Gasteiger partial charge on any atom is -0.507 e. The molecule has 1 atom stereocenters. The van der Waals surface area contributed by atoms with Gasteiger partial charge in [-0.05, 0) is 49.7 Å². The summed E-state index contributed by atoms with van der Waals surface area (Å²) in [5, 5.41) is 11.4. The van der Waals surface area contributed by atoms with E-state index in [-0.39, 0.29) is 27.6 Å². The first-order valence-electron chi connectivity index (χ1n) is 12.5. The lowest BCUT2D eigenvalue weighted by Gasteiger charge is -2.23. The molecule has 3 aromatic carbocycles. The summed E-state index contributed by atoms with van der Waals surface area (Å²) in [7, 11) is 0. The molecular weight excluding hydrogens is 531 g/mol. The van der Waals surface area contributed by atoms with Crippen molar-refractivity contribution in [1.29, 1.82) is 0 Å². The van der Waals surface area contributed by atoms with Crippen molar-refractivity contribution in [3.8, 4) is 5.75 Å². The second-order valence-corrected chi connectivity index (χ2v) is 10.4. The molecule has 7 nitrogen and oxygen atoms in total. The molecule has 202 valence electrons. The van der Waals surface area contributed by atoms with E-state index in [1.54, 1.807) is 37.3 Å². The van der Waals surface area contributed by atoms with E-state index in [2.05, 4.69) is 4.98 Å². The van der Waals surface area contributed by atoms with Crippen LogP contribution in [0, 0.1) is 19.7 Å². The number of nitrogens with zero attached hydrogens (tertiary/aromatic N) is 2. The van der Waals surface area contributed by atoms with Gasteiger partial charge in [-0.25, -0.2) is 9.37 Å². The summed E-state index contributed by atoms with van der Waals surface area (Å²) in [6, 6.07) is 18.8. The summed E-state index contributed by atoms with van der Waals surface area (Å²) in [6.07, 6.45) is 0. The van der Waals surface area contributed by atoms with Crippen LogP contribution in [0.25, 0.3) is 5.76 Å². The number of carbonyl (C=O) groups is 3. The van der Waals surface area contributed by atoms with Gasteiger partial charge in [-0.1, -0.05) is 59.4 Å². The predicted molar refractivity (Wildman–Crippen MR) is 150 cm³/mol. The van der Waals surface area contributed by atoms with Crippen molar-refractivity contribution in [3.63, 3.8) is 0 Å². The molecule has 1 aromatic heterocycles. The first-order chi connectivity index (χ1) is 19.2. The zero-order valence-electron chi connectivity index (χ0n) is 22.0. The number of carbonyl (C=O) groups excluding carboxylic acids is 3. The highest BCUT2D eigenvalue weighted by Gasteiger charge is 2.49. The highest BCUT2D eigenvalue weighted by atomic mass is 32.1. The lowest BCUT2D eigenvalue weighted by Crippen LogP contribution is -2.29. The third-order valence-electron chi connectivity index (χ3n) is 6.57. The highest BCUT2D eigenvalue weighted by molar-refractivity contribution is 7.18. The molecule has 0 saturated carbocycles. The number of ketones is 2. The summed E-state index contributed by atoms with van der Waals surface area (Å²) in [5.41, 5.74) is 2.50. The molecule has 4 aromatic rings. The Bertz CT molecular complexity index is 1680. The van der Waals surface area contributed by atoms with E-state index in [0.717, 1.165) is 27.4 Å². The van der Waals surface area contributed by atoms with Crippen LogP contribution >= 0.6 is 11.3 Å². The Morgan fingerprint density at radius 3 is 2.42 bits per heavy atom. The molecule has 1 fully saturated rings. The number of rotatable bonds is 7. The van der Waals surface area contributed by atoms with Crippen LogP contribution in [0.4, 0.5) is 9.52 Å². The summed E-state index contributed by atoms with van der Waals surface area (Å²) in [6.45, 7) is 5.34. The molecule has 2 heterocycles. The van der Waals surface area contributed by atoms with E-state index >= 15 is 4.39 Å². The predicted octanol–water partition coefficient (Wildman–Crippen LogP) is 6.31. The van der Waals surface area contributed by atoms with Gasteiger partial charge in [-0.15, -0.1) is 0 Å². The number of aromatic nitrogens is 1. The maximum atomic E-state index is 15.1. The Balaban J connectivity index is 1.54. The molecule has 1 N–H and O–H groups in total. The monoisotopic (exact) mass is 556 g/mol. The number of anilines is 1. The van der Waals surface area contributed by atoms with Crippen molar-refractivity contribution >= 4 is 39.7 Å². The van der Waals surface area contributed by atoms with E-state index in [9.17, 15) is 19.5 Å². The van der Waals surface area contributed by atoms with Crippen LogP contribution in [0.1, 0.15) is 50.6 Å². The van der Waals surface area contributed by atoms with Gasteiger partial charge < -0.3 is 9.84 Å². The average Bonchev–Trinajstić information content (AvgIpc) is 3.44. The Hall–Kier alpha value is -4.63. The Labute approximate surface area is 234 Å². The molecule has 1 aliphatic rings. The van der Waals surface area contributed by atoms with Crippen LogP contribution in [-0.2, 0) is 16.2 Å². The summed E-state index contributed by atoms with van der Waals surface area (Å²) < 4.78 is 20.9.